The van der Waals surface area contributed by atoms with Gasteiger partial charge in [-0.1, -0.05) is 11.5 Å². The summed E-state index contributed by atoms with van der Waals surface area (Å²) in [6.07, 6.45) is 2.00. The number of aryl methyl sites for hydroxylation is 1. The van der Waals surface area contributed by atoms with Gasteiger partial charge in [-0.2, -0.15) is 0 Å². The Morgan fingerprint density at radius 2 is 2.17 bits per heavy atom. The second-order valence-corrected chi connectivity index (χ2v) is 4.26. The van der Waals surface area contributed by atoms with Crippen molar-refractivity contribution in [1.82, 2.24) is 14.1 Å². The van der Waals surface area contributed by atoms with E-state index in [-0.39, 0.29) is 18.7 Å². The zero-order valence-corrected chi connectivity index (χ0v) is 10.4. The Labute approximate surface area is 104 Å². The average molecular weight is 247 g/mol. The molecule has 0 radical (unpaired) electrons. The molecule has 1 N–H and O–H groups in total. The summed E-state index contributed by atoms with van der Waals surface area (Å²) in [5.41, 5.74) is 0.498. The van der Waals surface area contributed by atoms with E-state index in [9.17, 15) is 9.59 Å². The van der Waals surface area contributed by atoms with Gasteiger partial charge < -0.3 is 5.11 Å². The molecule has 0 aliphatic rings. The maximum absolute atomic E-state index is 12.2. The first-order valence-corrected chi connectivity index (χ1v) is 5.73. The number of nitrogens with zero attached hydrogens (tertiary/aromatic N) is 3. The number of fused-ring (bicyclic) bond motifs is 1. The van der Waals surface area contributed by atoms with Gasteiger partial charge in [0.2, 0.25) is 0 Å². The van der Waals surface area contributed by atoms with Gasteiger partial charge in [-0.3, -0.25) is 13.9 Å². The van der Waals surface area contributed by atoms with Crippen LogP contribution < -0.4 is 16.7 Å². The van der Waals surface area contributed by atoms with Gasteiger partial charge in [0.05, 0.1) is 5.39 Å². The van der Waals surface area contributed by atoms with Crippen molar-refractivity contribution in [2.24, 2.45) is 7.05 Å². The lowest BCUT2D eigenvalue weighted by Crippen LogP contribution is -2.40. The first-order chi connectivity index (χ1) is 8.56. The molecular formula is C11H14BN3O3. The Morgan fingerprint density at radius 1 is 1.44 bits per heavy atom. The van der Waals surface area contributed by atoms with Crippen LogP contribution in [0.2, 0.25) is 0 Å². The minimum atomic E-state index is -0.405. The summed E-state index contributed by atoms with van der Waals surface area (Å²) in [7, 11) is 3.43. The minimum absolute atomic E-state index is 0.0559. The van der Waals surface area contributed by atoms with E-state index in [4.69, 9.17) is 5.11 Å². The molecule has 0 bridgehead atoms. The van der Waals surface area contributed by atoms with Crippen molar-refractivity contribution >= 4 is 24.3 Å². The van der Waals surface area contributed by atoms with Crippen molar-refractivity contribution < 1.29 is 5.11 Å². The fraction of sp³-hybridized carbons (Fsp3) is 0.364. The topological polar surface area (TPSA) is 77.1 Å². The van der Waals surface area contributed by atoms with Gasteiger partial charge in [0.1, 0.15) is 13.5 Å². The molecule has 0 unspecified atom stereocenters. The van der Waals surface area contributed by atoms with Gasteiger partial charge in [-0.15, -0.1) is 0 Å². The number of rotatable bonds is 3. The van der Waals surface area contributed by atoms with E-state index >= 15 is 0 Å². The van der Waals surface area contributed by atoms with Crippen molar-refractivity contribution in [3.8, 4) is 0 Å². The van der Waals surface area contributed by atoms with E-state index in [1.807, 2.05) is 7.85 Å². The molecule has 6 nitrogen and oxygen atoms in total. The zero-order valence-electron chi connectivity index (χ0n) is 10.4. The lowest BCUT2D eigenvalue weighted by atomic mass is 9.98. The van der Waals surface area contributed by atoms with Gasteiger partial charge in [0, 0.05) is 26.4 Å². The molecule has 0 fully saturated rings. The first-order valence-electron chi connectivity index (χ1n) is 5.73. The summed E-state index contributed by atoms with van der Waals surface area (Å²) in [4.78, 5) is 28.3. The fourth-order valence-corrected chi connectivity index (χ4v) is 1.92. The van der Waals surface area contributed by atoms with Crippen LogP contribution in [0.3, 0.4) is 0 Å². The third-order valence-corrected chi connectivity index (χ3v) is 2.85. The highest BCUT2D eigenvalue weighted by atomic mass is 16.3. The first kappa shape index (κ1) is 12.6. The minimum Gasteiger partial charge on any atom is -0.396 e. The predicted molar refractivity (Wildman–Crippen MR) is 71.1 cm³/mol. The highest BCUT2D eigenvalue weighted by Gasteiger charge is 2.11. The maximum Gasteiger partial charge on any atom is 0.332 e. The Balaban J connectivity index is 2.80. The second kappa shape index (κ2) is 4.77. The predicted octanol–water partition coefficient (Wildman–Crippen LogP) is -2.26. The van der Waals surface area contributed by atoms with E-state index < -0.39 is 5.69 Å². The Bertz CT molecular complexity index is 705. The SMILES string of the molecule is Bc1cnc2c(c1)c(=O)n(CCCO)c(=O)n2C. The quantitative estimate of drug-likeness (QED) is 0.621. The van der Waals surface area contributed by atoms with Crippen molar-refractivity contribution in [3.63, 3.8) is 0 Å². The van der Waals surface area contributed by atoms with E-state index in [2.05, 4.69) is 4.98 Å². The van der Waals surface area contributed by atoms with Gasteiger partial charge in [0.15, 0.2) is 0 Å². The Hall–Kier alpha value is -1.89. The average Bonchev–Trinajstić information content (AvgIpc) is 2.36. The molecular weight excluding hydrogens is 233 g/mol. The molecule has 0 aromatic carbocycles. The van der Waals surface area contributed by atoms with Crippen LogP contribution in [-0.4, -0.2) is 33.7 Å². The van der Waals surface area contributed by atoms with E-state index in [0.717, 1.165) is 10.0 Å². The molecule has 94 valence electrons. The fourth-order valence-electron chi connectivity index (χ4n) is 1.92. The lowest BCUT2D eigenvalue weighted by Gasteiger charge is -2.09. The second-order valence-electron chi connectivity index (χ2n) is 4.26. The van der Waals surface area contributed by atoms with E-state index in [1.54, 1.807) is 19.3 Å². The summed E-state index contributed by atoms with van der Waals surface area (Å²) in [6.45, 7) is 0.158. The molecule has 0 aliphatic carbocycles. The number of aromatic nitrogens is 3. The molecule has 0 aliphatic heterocycles. The molecule has 0 spiro atoms. The van der Waals surface area contributed by atoms with Crippen LogP contribution in [0.5, 0.6) is 0 Å². The van der Waals surface area contributed by atoms with E-state index in [1.165, 1.54) is 4.57 Å². The highest BCUT2D eigenvalue weighted by molar-refractivity contribution is 6.32. The maximum atomic E-state index is 12.2. The van der Waals surface area contributed by atoms with Crippen LogP contribution in [0.1, 0.15) is 6.42 Å². The normalized spacial score (nSPS) is 11.0. The summed E-state index contributed by atoms with van der Waals surface area (Å²) in [5, 5.41) is 9.23. The summed E-state index contributed by atoms with van der Waals surface area (Å²) in [5.74, 6) is 0. The third-order valence-electron chi connectivity index (χ3n) is 2.85. The van der Waals surface area contributed by atoms with Gasteiger partial charge in [-0.25, -0.2) is 9.78 Å². The van der Waals surface area contributed by atoms with Crippen LogP contribution in [-0.2, 0) is 13.6 Å². The molecule has 2 aromatic heterocycles. The van der Waals surface area contributed by atoms with Crippen LogP contribution in [0.4, 0.5) is 0 Å². The Morgan fingerprint density at radius 3 is 2.83 bits per heavy atom. The lowest BCUT2D eigenvalue weighted by molar-refractivity contribution is 0.277. The number of hydrogen-bond donors (Lipinski definition) is 1. The summed E-state index contributed by atoms with van der Waals surface area (Å²) in [6, 6.07) is 1.72. The number of aliphatic hydroxyl groups is 1. The van der Waals surface area contributed by atoms with Crippen molar-refractivity contribution in [3.05, 3.63) is 33.1 Å². The molecule has 0 saturated carbocycles. The number of hydrogen-bond acceptors (Lipinski definition) is 4. The summed E-state index contributed by atoms with van der Waals surface area (Å²) >= 11 is 0. The molecule has 7 heteroatoms. The molecule has 0 atom stereocenters. The van der Waals surface area contributed by atoms with E-state index in [0.29, 0.717) is 17.5 Å². The summed E-state index contributed by atoms with van der Waals surface area (Å²) < 4.78 is 2.49. The largest absolute Gasteiger partial charge is 0.396 e. The van der Waals surface area contributed by atoms with Crippen LogP contribution in [0, 0.1) is 0 Å². The monoisotopic (exact) mass is 247 g/mol. The van der Waals surface area contributed by atoms with Crippen LogP contribution in [0.25, 0.3) is 11.0 Å². The van der Waals surface area contributed by atoms with Crippen molar-refractivity contribution in [2.75, 3.05) is 6.61 Å². The van der Waals surface area contributed by atoms with Crippen LogP contribution >= 0.6 is 0 Å². The zero-order chi connectivity index (χ0) is 13.3. The number of pyridine rings is 1. The molecule has 2 rings (SSSR count). The third kappa shape index (κ3) is 1.97. The molecule has 2 aromatic rings. The highest BCUT2D eigenvalue weighted by Crippen LogP contribution is 2.00. The smallest absolute Gasteiger partial charge is 0.332 e. The van der Waals surface area contributed by atoms with Gasteiger partial charge >= 0.3 is 5.69 Å². The van der Waals surface area contributed by atoms with Gasteiger partial charge in [0.25, 0.3) is 5.56 Å². The molecule has 2 heterocycles. The number of aliphatic hydroxyl groups excluding tert-OH is 1. The Kier molecular flexibility index (Phi) is 3.33. The van der Waals surface area contributed by atoms with Gasteiger partial charge in [-0.05, 0) is 6.42 Å². The molecule has 0 amide bonds. The molecule has 0 saturated heterocycles. The standard InChI is InChI=1S/C11H14BN3O3/c1-14-9-8(5-7(12)6-13-9)10(17)15(11(14)18)3-2-4-16/h5-6,16H,2-4,12H2,1H3. The van der Waals surface area contributed by atoms with Crippen molar-refractivity contribution in [2.45, 2.75) is 13.0 Å². The molecule has 18 heavy (non-hydrogen) atoms. The van der Waals surface area contributed by atoms with Crippen molar-refractivity contribution in [1.29, 1.82) is 0 Å². The van der Waals surface area contributed by atoms with Crippen LogP contribution in [0.15, 0.2) is 21.9 Å².